The highest BCUT2D eigenvalue weighted by atomic mass is 16.5. The summed E-state index contributed by atoms with van der Waals surface area (Å²) in [6.45, 7) is 1.08. The molecule has 1 atom stereocenters. The monoisotopic (exact) mass is 321 g/mol. The van der Waals surface area contributed by atoms with Crippen LogP contribution in [0.4, 0.5) is 0 Å². The summed E-state index contributed by atoms with van der Waals surface area (Å²) in [6.07, 6.45) is 1.91. The van der Waals surface area contributed by atoms with Crippen molar-refractivity contribution in [2.24, 2.45) is 5.73 Å². The molecule has 1 aromatic carbocycles. The van der Waals surface area contributed by atoms with E-state index in [1.807, 2.05) is 0 Å². The molecule has 1 aromatic rings. The number of nitrogens with two attached hydrogens (primary N) is 1. The molecule has 0 aromatic heterocycles. The van der Waals surface area contributed by atoms with Crippen molar-refractivity contribution in [3.63, 3.8) is 0 Å². The third-order valence-corrected chi connectivity index (χ3v) is 3.96. The van der Waals surface area contributed by atoms with Gasteiger partial charge in [-0.25, -0.2) is 0 Å². The van der Waals surface area contributed by atoms with Gasteiger partial charge in [0.2, 0.25) is 0 Å². The molecule has 0 bridgehead atoms. The summed E-state index contributed by atoms with van der Waals surface area (Å²) in [5, 5.41) is 2.47. The lowest BCUT2D eigenvalue weighted by molar-refractivity contribution is -0.122. The van der Waals surface area contributed by atoms with E-state index < -0.39 is 0 Å². The van der Waals surface area contributed by atoms with Crippen LogP contribution in [-0.2, 0) is 4.79 Å². The number of rotatable bonds is 6. The number of carbonyl (C=O) groups is 2. The molecule has 1 heterocycles. The molecule has 0 radical (unpaired) electrons. The van der Waals surface area contributed by atoms with Crippen molar-refractivity contribution in [2.45, 2.75) is 18.9 Å². The van der Waals surface area contributed by atoms with Gasteiger partial charge in [-0.3, -0.25) is 9.59 Å². The van der Waals surface area contributed by atoms with Gasteiger partial charge in [0.05, 0.1) is 7.11 Å². The normalized spacial score (nSPS) is 17.0. The molecule has 0 aliphatic carbocycles. The minimum Gasteiger partial charge on any atom is -0.493 e. The molecule has 3 N–H and O–H groups in total. The Labute approximate surface area is 135 Å². The molecule has 1 fully saturated rings. The molecule has 126 valence electrons. The van der Waals surface area contributed by atoms with Gasteiger partial charge < -0.3 is 25.4 Å². The average Bonchev–Trinajstić information content (AvgIpc) is 3.07. The van der Waals surface area contributed by atoms with Gasteiger partial charge in [0.15, 0.2) is 18.1 Å². The Bertz CT molecular complexity index is 576. The predicted octanol–water partition coefficient (Wildman–Crippen LogP) is 0.383. The largest absolute Gasteiger partial charge is 0.493 e. The summed E-state index contributed by atoms with van der Waals surface area (Å²) in [6, 6.07) is 5.05. The number of amides is 2. The molecule has 23 heavy (non-hydrogen) atoms. The third-order valence-electron chi connectivity index (χ3n) is 3.96. The number of nitrogens with one attached hydrogen (secondary N) is 1. The van der Waals surface area contributed by atoms with Gasteiger partial charge in [0, 0.05) is 31.7 Å². The van der Waals surface area contributed by atoms with Crippen LogP contribution < -0.4 is 20.5 Å². The summed E-state index contributed by atoms with van der Waals surface area (Å²) in [5.41, 5.74) is 6.25. The third kappa shape index (κ3) is 3.92. The van der Waals surface area contributed by atoms with Crippen LogP contribution in [-0.4, -0.2) is 56.6 Å². The molecule has 1 aliphatic heterocycles. The fraction of sp³-hybridized carbons (Fsp3) is 0.500. The van der Waals surface area contributed by atoms with Crippen LogP contribution in [0.5, 0.6) is 11.5 Å². The number of hydrogen-bond donors (Lipinski definition) is 2. The lowest BCUT2D eigenvalue weighted by atomic mass is 10.1. The lowest BCUT2D eigenvalue weighted by Crippen LogP contribution is -2.39. The van der Waals surface area contributed by atoms with Crippen molar-refractivity contribution in [3.05, 3.63) is 23.8 Å². The Balaban J connectivity index is 2.14. The van der Waals surface area contributed by atoms with E-state index in [9.17, 15) is 9.59 Å². The molecule has 1 unspecified atom stereocenters. The second-order valence-electron chi connectivity index (χ2n) is 5.36. The molecule has 7 heteroatoms. The van der Waals surface area contributed by atoms with Crippen LogP contribution >= 0.6 is 0 Å². The SMILES string of the molecule is CNC(=O)COc1ccc(C(=O)N2CCCC2CN)cc1OC. The van der Waals surface area contributed by atoms with Crippen LogP contribution in [0.2, 0.25) is 0 Å². The van der Waals surface area contributed by atoms with Crippen molar-refractivity contribution in [1.29, 1.82) is 0 Å². The number of likely N-dealkylation sites (tertiary alicyclic amines) is 1. The summed E-state index contributed by atoms with van der Waals surface area (Å²) < 4.78 is 10.7. The van der Waals surface area contributed by atoms with Crippen LogP contribution in [0.25, 0.3) is 0 Å². The number of hydrogen-bond acceptors (Lipinski definition) is 5. The Morgan fingerprint density at radius 2 is 2.17 bits per heavy atom. The predicted molar refractivity (Wildman–Crippen MR) is 85.7 cm³/mol. The summed E-state index contributed by atoms with van der Waals surface area (Å²) in [4.78, 5) is 25.7. The van der Waals surface area contributed by atoms with E-state index in [0.29, 0.717) is 23.6 Å². The molecule has 0 spiro atoms. The van der Waals surface area contributed by atoms with Crippen molar-refractivity contribution in [3.8, 4) is 11.5 Å². The van der Waals surface area contributed by atoms with Crippen LogP contribution in [0.3, 0.4) is 0 Å². The lowest BCUT2D eigenvalue weighted by Gasteiger charge is -2.24. The molecule has 0 saturated carbocycles. The highest BCUT2D eigenvalue weighted by Gasteiger charge is 2.28. The number of likely N-dealkylation sites (N-methyl/N-ethyl adjacent to an activating group) is 1. The van der Waals surface area contributed by atoms with Crippen molar-refractivity contribution < 1.29 is 19.1 Å². The van der Waals surface area contributed by atoms with Crippen LogP contribution in [0.15, 0.2) is 18.2 Å². The zero-order valence-electron chi connectivity index (χ0n) is 13.5. The average molecular weight is 321 g/mol. The van der Waals surface area contributed by atoms with Crippen LogP contribution in [0.1, 0.15) is 23.2 Å². The van der Waals surface area contributed by atoms with Crippen LogP contribution in [0, 0.1) is 0 Å². The molecule has 1 aliphatic rings. The van der Waals surface area contributed by atoms with E-state index in [1.54, 1.807) is 23.1 Å². The van der Waals surface area contributed by atoms with Gasteiger partial charge in [-0.1, -0.05) is 0 Å². The van der Waals surface area contributed by atoms with E-state index in [0.717, 1.165) is 19.4 Å². The standard InChI is InChI=1S/C16H23N3O4/c1-18-15(20)10-23-13-6-5-11(8-14(13)22-2)16(21)19-7-3-4-12(19)9-17/h5-6,8,12H,3-4,7,9-10,17H2,1-2H3,(H,18,20). The molecule has 2 amide bonds. The second-order valence-corrected chi connectivity index (χ2v) is 5.36. The highest BCUT2D eigenvalue weighted by molar-refractivity contribution is 5.95. The van der Waals surface area contributed by atoms with Gasteiger partial charge in [-0.15, -0.1) is 0 Å². The van der Waals surface area contributed by atoms with Gasteiger partial charge in [0.1, 0.15) is 0 Å². The van der Waals surface area contributed by atoms with Crippen molar-refractivity contribution in [1.82, 2.24) is 10.2 Å². The number of ether oxygens (including phenoxy) is 2. The first-order chi connectivity index (χ1) is 11.1. The minimum atomic E-state index is -0.241. The second kappa shape index (κ2) is 7.82. The van der Waals surface area contributed by atoms with Crippen molar-refractivity contribution in [2.75, 3.05) is 33.9 Å². The van der Waals surface area contributed by atoms with Gasteiger partial charge >= 0.3 is 0 Å². The van der Waals surface area contributed by atoms with Gasteiger partial charge in [0.25, 0.3) is 11.8 Å². The Kier molecular flexibility index (Phi) is 5.81. The topological polar surface area (TPSA) is 93.9 Å². The molecule has 2 rings (SSSR count). The number of carbonyl (C=O) groups excluding carboxylic acids is 2. The van der Waals surface area contributed by atoms with E-state index in [-0.39, 0.29) is 24.5 Å². The molecule has 7 nitrogen and oxygen atoms in total. The summed E-state index contributed by atoms with van der Waals surface area (Å²) >= 11 is 0. The first-order valence-electron chi connectivity index (χ1n) is 7.63. The fourth-order valence-corrected chi connectivity index (χ4v) is 2.65. The van der Waals surface area contributed by atoms with Gasteiger partial charge in [-0.2, -0.15) is 0 Å². The Morgan fingerprint density at radius 3 is 2.83 bits per heavy atom. The van der Waals surface area contributed by atoms with E-state index in [2.05, 4.69) is 5.32 Å². The maximum atomic E-state index is 12.6. The first kappa shape index (κ1) is 17.1. The summed E-state index contributed by atoms with van der Waals surface area (Å²) in [7, 11) is 3.03. The smallest absolute Gasteiger partial charge is 0.257 e. The maximum absolute atomic E-state index is 12.6. The Hall–Kier alpha value is -2.28. The molecular weight excluding hydrogens is 298 g/mol. The number of methoxy groups -OCH3 is 1. The molecule has 1 saturated heterocycles. The van der Waals surface area contributed by atoms with E-state index in [4.69, 9.17) is 15.2 Å². The van der Waals surface area contributed by atoms with E-state index in [1.165, 1.54) is 14.2 Å². The number of benzene rings is 1. The minimum absolute atomic E-state index is 0.0610. The maximum Gasteiger partial charge on any atom is 0.257 e. The Morgan fingerprint density at radius 1 is 1.39 bits per heavy atom. The fourth-order valence-electron chi connectivity index (χ4n) is 2.65. The summed E-state index contributed by atoms with van der Waals surface area (Å²) in [5.74, 6) is 0.539. The zero-order chi connectivity index (χ0) is 16.8. The first-order valence-corrected chi connectivity index (χ1v) is 7.63. The van der Waals surface area contributed by atoms with Gasteiger partial charge in [-0.05, 0) is 31.0 Å². The van der Waals surface area contributed by atoms with E-state index >= 15 is 0 Å². The molecular formula is C16H23N3O4. The zero-order valence-corrected chi connectivity index (χ0v) is 13.5. The quantitative estimate of drug-likeness (QED) is 0.790. The van der Waals surface area contributed by atoms with Crippen molar-refractivity contribution >= 4 is 11.8 Å². The number of nitrogens with zero attached hydrogens (tertiary/aromatic N) is 1. The highest BCUT2D eigenvalue weighted by Crippen LogP contribution is 2.29.